The summed E-state index contributed by atoms with van der Waals surface area (Å²) in [5.41, 5.74) is -0.381. The number of carbonyl (C=O) groups is 3. The van der Waals surface area contributed by atoms with E-state index < -0.39 is 50.6 Å². The molecule has 6 nitrogen and oxygen atoms in total. The smallest absolute Gasteiger partial charge is 0.184 e. The Morgan fingerprint density at radius 3 is 1.84 bits per heavy atom. The first kappa shape index (κ1) is 33.8. The molecule has 2 aliphatic rings. The number of carbonyl (C=O) groups excluding carboxylic acids is 3. The van der Waals surface area contributed by atoms with Crippen LogP contribution in [0, 0.1) is 22.2 Å². The maximum absolute atomic E-state index is 15.1. The number of hydrogen-bond donors (Lipinski definition) is 3. The molecule has 3 N–H and O–H groups in total. The third-order valence-electron chi connectivity index (χ3n) is 9.48. The molecule has 0 radical (unpaired) electrons. The van der Waals surface area contributed by atoms with Crippen LogP contribution in [0.5, 0.6) is 11.5 Å². The molecule has 0 amide bonds. The number of aliphatic hydroxyl groups excluding tert-OH is 1. The number of phenols is 2. The van der Waals surface area contributed by atoms with Crippen LogP contribution in [0.4, 0.5) is 0 Å². The van der Waals surface area contributed by atoms with E-state index >= 15 is 9.59 Å². The van der Waals surface area contributed by atoms with Gasteiger partial charge in [-0.1, -0.05) is 53.5 Å². The molecule has 1 aromatic rings. The summed E-state index contributed by atoms with van der Waals surface area (Å²) in [5, 5.41) is 31.7. The van der Waals surface area contributed by atoms with Gasteiger partial charge in [0.15, 0.2) is 28.8 Å². The van der Waals surface area contributed by atoms with Crippen LogP contribution in [0.25, 0.3) is 5.76 Å². The zero-order valence-corrected chi connectivity index (χ0v) is 27.2. The van der Waals surface area contributed by atoms with Crippen LogP contribution in [-0.2, 0) is 14.4 Å². The summed E-state index contributed by atoms with van der Waals surface area (Å²) in [6.45, 7) is 17.7. The van der Waals surface area contributed by atoms with Crippen LogP contribution in [0.15, 0.2) is 70.4 Å². The molecule has 0 unspecified atom stereocenters. The highest BCUT2D eigenvalue weighted by molar-refractivity contribution is 6.41. The van der Waals surface area contributed by atoms with E-state index in [-0.39, 0.29) is 36.5 Å². The quantitative estimate of drug-likeness (QED) is 0.0666. The number of aliphatic hydroxyl groups is 1. The van der Waals surface area contributed by atoms with Gasteiger partial charge in [-0.25, -0.2) is 0 Å². The summed E-state index contributed by atoms with van der Waals surface area (Å²) < 4.78 is 0. The van der Waals surface area contributed by atoms with Crippen molar-refractivity contribution >= 4 is 23.1 Å². The number of hydrogen-bond acceptors (Lipinski definition) is 6. The molecule has 0 aliphatic heterocycles. The van der Waals surface area contributed by atoms with Crippen molar-refractivity contribution in [2.24, 2.45) is 22.2 Å². The topological polar surface area (TPSA) is 112 Å². The molecule has 2 bridgehead atoms. The van der Waals surface area contributed by atoms with Gasteiger partial charge < -0.3 is 15.3 Å². The lowest BCUT2D eigenvalue weighted by molar-refractivity contribution is -0.177. The molecule has 0 saturated heterocycles. The molecule has 0 aromatic heterocycles. The van der Waals surface area contributed by atoms with Crippen LogP contribution in [-0.4, -0.2) is 32.7 Å². The summed E-state index contributed by atoms with van der Waals surface area (Å²) in [7, 11) is 0. The van der Waals surface area contributed by atoms with Gasteiger partial charge in [-0.15, -0.1) is 0 Å². The number of fused-ring (bicyclic) bond motifs is 2. The molecule has 2 fully saturated rings. The predicted octanol–water partition coefficient (Wildman–Crippen LogP) is 8.51. The van der Waals surface area contributed by atoms with Crippen molar-refractivity contribution in [3.8, 4) is 11.5 Å². The predicted molar refractivity (Wildman–Crippen MR) is 172 cm³/mol. The lowest BCUT2D eigenvalue weighted by Gasteiger charge is -2.61. The maximum Gasteiger partial charge on any atom is 0.184 e. The van der Waals surface area contributed by atoms with Crippen molar-refractivity contribution in [2.45, 2.75) is 94.4 Å². The standard InChI is InChI=1S/C37H48O6/c1-22(2)10-12-27-21-36(18-15-24(5)6)32(41)30(31(40)26-11-13-28(38)29(39)20-26)33(42)37(34(36)43,19-16-25(7)8)35(27,9)17-14-23(3)4/h10-11,13-16,20,27,38-40H,12,17-19,21H2,1-9H3/t27-,35+,36-,37+/m0/s1. The number of phenolic OH excluding ortho intramolecular Hbond substituents is 2. The molecule has 43 heavy (non-hydrogen) atoms. The molecule has 2 saturated carbocycles. The normalized spacial score (nSPS) is 27.7. The fourth-order valence-corrected chi connectivity index (χ4v) is 6.80. The lowest BCUT2D eigenvalue weighted by Crippen LogP contribution is -2.70. The minimum absolute atomic E-state index is 0.0150. The molecular weight excluding hydrogens is 540 g/mol. The third-order valence-corrected chi connectivity index (χ3v) is 9.48. The second-order valence-electron chi connectivity index (χ2n) is 13.7. The Labute approximate surface area is 256 Å². The Balaban J connectivity index is 2.54. The Morgan fingerprint density at radius 1 is 0.767 bits per heavy atom. The first-order chi connectivity index (χ1) is 19.9. The Kier molecular flexibility index (Phi) is 9.85. The Morgan fingerprint density at radius 2 is 1.30 bits per heavy atom. The highest BCUT2D eigenvalue weighted by Gasteiger charge is 2.74. The number of allylic oxidation sites excluding steroid dienone is 9. The molecule has 1 aromatic carbocycles. The Hall–Kier alpha value is -3.67. The van der Waals surface area contributed by atoms with E-state index in [9.17, 15) is 20.1 Å². The molecular formula is C37H48O6. The average molecular weight is 589 g/mol. The summed E-state index contributed by atoms with van der Waals surface area (Å²) >= 11 is 0. The van der Waals surface area contributed by atoms with Gasteiger partial charge in [0.2, 0.25) is 0 Å². The van der Waals surface area contributed by atoms with Crippen LogP contribution in [0.1, 0.15) is 100.0 Å². The van der Waals surface area contributed by atoms with Gasteiger partial charge >= 0.3 is 0 Å². The molecule has 6 heteroatoms. The van der Waals surface area contributed by atoms with Crippen LogP contribution in [0.2, 0.25) is 0 Å². The fraction of sp³-hybridized carbons (Fsp3) is 0.486. The largest absolute Gasteiger partial charge is 0.506 e. The SMILES string of the molecule is CC(C)=CC[C@H]1C[C@@]2(CC=C(C)C)C(=O)C(=C(O)c3ccc(O)c(O)c3)C(=O)[C@](CC=C(C)C)(C2=O)[C@]1(C)CC=C(C)C. The van der Waals surface area contributed by atoms with Crippen LogP contribution >= 0.6 is 0 Å². The lowest BCUT2D eigenvalue weighted by atomic mass is 9.37. The number of ketones is 3. The molecule has 2 aliphatic carbocycles. The van der Waals surface area contributed by atoms with E-state index in [1.54, 1.807) is 0 Å². The van der Waals surface area contributed by atoms with Crippen molar-refractivity contribution in [1.29, 1.82) is 0 Å². The molecule has 4 atom stereocenters. The molecule has 0 heterocycles. The van der Waals surface area contributed by atoms with Gasteiger partial charge in [0.1, 0.15) is 16.7 Å². The van der Waals surface area contributed by atoms with E-state index in [2.05, 4.69) is 12.2 Å². The summed E-state index contributed by atoms with van der Waals surface area (Å²) in [4.78, 5) is 44.8. The van der Waals surface area contributed by atoms with Crippen molar-refractivity contribution in [2.75, 3.05) is 0 Å². The van der Waals surface area contributed by atoms with E-state index in [1.165, 1.54) is 12.1 Å². The summed E-state index contributed by atoms with van der Waals surface area (Å²) in [5.74, 6) is -3.38. The van der Waals surface area contributed by atoms with Crippen molar-refractivity contribution in [3.05, 3.63) is 75.9 Å². The number of benzene rings is 1. The van der Waals surface area contributed by atoms with Gasteiger partial charge in [-0.05, 0) is 117 Å². The second kappa shape index (κ2) is 12.5. The highest BCUT2D eigenvalue weighted by atomic mass is 16.3. The second-order valence-corrected chi connectivity index (χ2v) is 13.7. The summed E-state index contributed by atoms with van der Waals surface area (Å²) in [6.07, 6.45) is 9.51. The number of Topliss-reactive ketones (excluding diaryl/α,β-unsaturated/α-hetero) is 3. The van der Waals surface area contributed by atoms with E-state index in [0.29, 0.717) is 12.8 Å². The monoisotopic (exact) mass is 588 g/mol. The van der Waals surface area contributed by atoms with Crippen molar-refractivity contribution in [1.82, 2.24) is 0 Å². The number of aromatic hydroxyl groups is 2. The van der Waals surface area contributed by atoms with Gasteiger partial charge in [0, 0.05) is 5.56 Å². The zero-order chi connectivity index (χ0) is 32.5. The first-order valence-electron chi connectivity index (χ1n) is 15.1. The molecule has 232 valence electrons. The minimum atomic E-state index is -1.62. The average Bonchev–Trinajstić information content (AvgIpc) is 2.91. The Bertz CT molecular complexity index is 1470. The summed E-state index contributed by atoms with van der Waals surface area (Å²) in [6, 6.07) is 3.66. The molecule has 3 rings (SSSR count). The fourth-order valence-electron chi connectivity index (χ4n) is 6.80. The van der Waals surface area contributed by atoms with Crippen LogP contribution in [0.3, 0.4) is 0 Å². The minimum Gasteiger partial charge on any atom is -0.506 e. The van der Waals surface area contributed by atoms with Gasteiger partial charge in [-0.3, -0.25) is 14.4 Å². The number of rotatable bonds is 9. The van der Waals surface area contributed by atoms with Crippen molar-refractivity contribution in [3.63, 3.8) is 0 Å². The van der Waals surface area contributed by atoms with Gasteiger partial charge in [0.25, 0.3) is 0 Å². The zero-order valence-electron chi connectivity index (χ0n) is 27.2. The van der Waals surface area contributed by atoms with Gasteiger partial charge in [-0.2, -0.15) is 0 Å². The third kappa shape index (κ3) is 5.93. The van der Waals surface area contributed by atoms with Crippen molar-refractivity contribution < 1.29 is 29.7 Å². The highest BCUT2D eigenvalue weighted by Crippen LogP contribution is 2.67. The van der Waals surface area contributed by atoms with E-state index in [0.717, 1.165) is 28.4 Å². The van der Waals surface area contributed by atoms with E-state index in [1.807, 2.05) is 74.5 Å². The first-order valence-corrected chi connectivity index (χ1v) is 15.1. The molecule has 0 spiro atoms. The van der Waals surface area contributed by atoms with Gasteiger partial charge in [0.05, 0.1) is 5.41 Å². The van der Waals surface area contributed by atoms with Crippen LogP contribution < -0.4 is 0 Å². The maximum atomic E-state index is 15.1. The van der Waals surface area contributed by atoms with E-state index in [4.69, 9.17) is 0 Å².